The summed E-state index contributed by atoms with van der Waals surface area (Å²) in [6.45, 7) is 1.81. The molecule has 1 aromatic heterocycles. The SMILES string of the molecule is Cc1ccc(/C=C/C(=O)Nc2ccccc2NS(C)(=O)=O)o1. The van der Waals surface area contributed by atoms with E-state index in [-0.39, 0.29) is 0 Å². The summed E-state index contributed by atoms with van der Waals surface area (Å²) in [6.07, 6.45) is 3.90. The number of para-hydroxylation sites is 2. The lowest BCUT2D eigenvalue weighted by molar-refractivity contribution is -0.111. The highest BCUT2D eigenvalue weighted by molar-refractivity contribution is 7.92. The maximum absolute atomic E-state index is 11.9. The fourth-order valence-electron chi connectivity index (χ4n) is 1.76. The molecule has 1 heterocycles. The molecule has 0 spiro atoms. The summed E-state index contributed by atoms with van der Waals surface area (Å²) >= 11 is 0. The molecule has 0 radical (unpaired) electrons. The predicted octanol–water partition coefficient (Wildman–Crippen LogP) is 2.61. The van der Waals surface area contributed by atoms with Gasteiger partial charge in [0.05, 0.1) is 17.6 Å². The second-order valence-electron chi connectivity index (χ2n) is 4.69. The number of aryl methyl sites for hydroxylation is 1. The van der Waals surface area contributed by atoms with E-state index in [0.717, 1.165) is 12.0 Å². The van der Waals surface area contributed by atoms with Crippen molar-refractivity contribution >= 4 is 33.4 Å². The topological polar surface area (TPSA) is 88.4 Å². The van der Waals surface area contributed by atoms with Crippen molar-refractivity contribution in [1.29, 1.82) is 0 Å². The largest absolute Gasteiger partial charge is 0.462 e. The number of nitrogens with one attached hydrogen (secondary N) is 2. The van der Waals surface area contributed by atoms with Crippen molar-refractivity contribution < 1.29 is 17.6 Å². The number of hydrogen-bond donors (Lipinski definition) is 2. The summed E-state index contributed by atoms with van der Waals surface area (Å²) in [4.78, 5) is 11.9. The van der Waals surface area contributed by atoms with Crippen molar-refractivity contribution in [3.8, 4) is 0 Å². The Bertz CT molecular complexity index is 806. The number of benzene rings is 1. The molecule has 2 rings (SSSR count). The van der Waals surface area contributed by atoms with Gasteiger partial charge in [0.2, 0.25) is 15.9 Å². The Hall–Kier alpha value is -2.54. The third-order valence-corrected chi connectivity index (χ3v) is 3.23. The summed E-state index contributed by atoms with van der Waals surface area (Å²) in [5.41, 5.74) is 0.679. The van der Waals surface area contributed by atoms with Crippen LogP contribution in [0.1, 0.15) is 11.5 Å². The maximum Gasteiger partial charge on any atom is 0.248 e. The first-order valence-electron chi connectivity index (χ1n) is 6.46. The molecule has 1 aromatic carbocycles. The number of anilines is 2. The zero-order chi connectivity index (χ0) is 16.2. The van der Waals surface area contributed by atoms with Crippen LogP contribution in [0.25, 0.3) is 6.08 Å². The number of sulfonamides is 1. The Labute approximate surface area is 128 Å². The summed E-state index contributed by atoms with van der Waals surface area (Å²) in [5.74, 6) is 0.926. The van der Waals surface area contributed by atoms with Gasteiger partial charge in [-0.1, -0.05) is 12.1 Å². The minimum Gasteiger partial charge on any atom is -0.462 e. The summed E-state index contributed by atoms with van der Waals surface area (Å²) in [5, 5.41) is 2.62. The van der Waals surface area contributed by atoms with E-state index < -0.39 is 15.9 Å². The fourth-order valence-corrected chi connectivity index (χ4v) is 2.33. The zero-order valence-corrected chi connectivity index (χ0v) is 13.0. The number of amides is 1. The van der Waals surface area contributed by atoms with Crippen molar-refractivity contribution in [3.63, 3.8) is 0 Å². The fraction of sp³-hybridized carbons (Fsp3) is 0.133. The molecule has 1 amide bonds. The Morgan fingerprint density at radius 1 is 1.14 bits per heavy atom. The van der Waals surface area contributed by atoms with E-state index in [1.165, 1.54) is 12.2 Å². The highest BCUT2D eigenvalue weighted by atomic mass is 32.2. The van der Waals surface area contributed by atoms with E-state index >= 15 is 0 Å². The number of carbonyl (C=O) groups excluding carboxylic acids is 1. The Morgan fingerprint density at radius 3 is 2.41 bits per heavy atom. The number of hydrogen-bond acceptors (Lipinski definition) is 4. The number of carbonyl (C=O) groups is 1. The molecule has 0 fully saturated rings. The highest BCUT2D eigenvalue weighted by Gasteiger charge is 2.08. The quantitative estimate of drug-likeness (QED) is 0.829. The van der Waals surface area contributed by atoms with Crippen LogP contribution in [0.5, 0.6) is 0 Å². The van der Waals surface area contributed by atoms with Crippen LogP contribution < -0.4 is 10.0 Å². The second kappa shape index (κ2) is 6.48. The van der Waals surface area contributed by atoms with Crippen LogP contribution in [0.2, 0.25) is 0 Å². The van der Waals surface area contributed by atoms with Gasteiger partial charge < -0.3 is 9.73 Å². The van der Waals surface area contributed by atoms with Gasteiger partial charge in [0.1, 0.15) is 11.5 Å². The molecule has 0 aliphatic rings. The molecule has 2 aromatic rings. The average Bonchev–Trinajstić information content (AvgIpc) is 2.83. The monoisotopic (exact) mass is 320 g/mol. The lowest BCUT2D eigenvalue weighted by Crippen LogP contribution is -2.14. The van der Waals surface area contributed by atoms with Gasteiger partial charge >= 0.3 is 0 Å². The molecule has 0 bridgehead atoms. The molecular weight excluding hydrogens is 304 g/mol. The first-order valence-corrected chi connectivity index (χ1v) is 8.35. The molecule has 0 unspecified atom stereocenters. The first kappa shape index (κ1) is 15.8. The summed E-state index contributed by atoms with van der Waals surface area (Å²) < 4.78 is 30.3. The Morgan fingerprint density at radius 2 is 1.82 bits per heavy atom. The predicted molar refractivity (Wildman–Crippen MR) is 86.0 cm³/mol. The molecule has 0 aliphatic carbocycles. The van der Waals surface area contributed by atoms with Crippen LogP contribution in [-0.4, -0.2) is 20.6 Å². The molecule has 0 atom stereocenters. The Kier molecular flexibility index (Phi) is 4.67. The molecule has 2 N–H and O–H groups in total. The van der Waals surface area contributed by atoms with Crippen molar-refractivity contribution in [1.82, 2.24) is 0 Å². The molecule has 116 valence electrons. The molecular formula is C15H16N2O4S. The third-order valence-electron chi connectivity index (χ3n) is 2.64. The molecule has 0 saturated heterocycles. The van der Waals surface area contributed by atoms with E-state index in [2.05, 4.69) is 10.0 Å². The van der Waals surface area contributed by atoms with E-state index in [4.69, 9.17) is 4.42 Å². The highest BCUT2D eigenvalue weighted by Crippen LogP contribution is 2.22. The standard InChI is InChI=1S/C15H16N2O4S/c1-11-7-8-12(21-11)9-10-15(18)16-13-5-3-4-6-14(13)17-22(2,19)20/h3-10,17H,1-2H3,(H,16,18)/b10-9+. The average molecular weight is 320 g/mol. The van der Waals surface area contributed by atoms with Crippen LogP contribution in [0, 0.1) is 6.92 Å². The van der Waals surface area contributed by atoms with Gasteiger partial charge in [-0.25, -0.2) is 8.42 Å². The molecule has 7 heteroatoms. The van der Waals surface area contributed by atoms with Gasteiger partial charge in [0, 0.05) is 6.08 Å². The summed E-state index contributed by atoms with van der Waals surface area (Å²) in [7, 11) is -3.42. The van der Waals surface area contributed by atoms with Gasteiger partial charge in [-0.05, 0) is 37.3 Å². The van der Waals surface area contributed by atoms with Crippen LogP contribution in [-0.2, 0) is 14.8 Å². The van der Waals surface area contributed by atoms with E-state index in [1.54, 1.807) is 36.4 Å². The first-order chi connectivity index (χ1) is 10.3. The zero-order valence-electron chi connectivity index (χ0n) is 12.2. The molecule has 0 saturated carbocycles. The minimum atomic E-state index is -3.42. The van der Waals surface area contributed by atoms with Crippen molar-refractivity contribution in [2.45, 2.75) is 6.92 Å². The Balaban J connectivity index is 2.10. The van der Waals surface area contributed by atoms with Crippen LogP contribution in [0.4, 0.5) is 11.4 Å². The van der Waals surface area contributed by atoms with Gasteiger partial charge in [-0.15, -0.1) is 0 Å². The lowest BCUT2D eigenvalue weighted by atomic mass is 10.2. The molecule has 22 heavy (non-hydrogen) atoms. The van der Waals surface area contributed by atoms with Crippen LogP contribution in [0.15, 0.2) is 46.9 Å². The summed E-state index contributed by atoms with van der Waals surface area (Å²) in [6, 6.07) is 10.1. The van der Waals surface area contributed by atoms with Crippen LogP contribution >= 0.6 is 0 Å². The minimum absolute atomic E-state index is 0.306. The number of rotatable bonds is 5. The van der Waals surface area contributed by atoms with Gasteiger partial charge in [-0.2, -0.15) is 0 Å². The molecule has 6 nitrogen and oxygen atoms in total. The molecule has 0 aliphatic heterocycles. The lowest BCUT2D eigenvalue weighted by Gasteiger charge is -2.10. The van der Waals surface area contributed by atoms with Gasteiger partial charge in [0.25, 0.3) is 0 Å². The number of furan rings is 1. The normalized spacial score (nSPS) is 11.5. The smallest absolute Gasteiger partial charge is 0.248 e. The van der Waals surface area contributed by atoms with Gasteiger partial charge in [-0.3, -0.25) is 9.52 Å². The van der Waals surface area contributed by atoms with E-state index in [1.807, 2.05) is 6.92 Å². The van der Waals surface area contributed by atoms with E-state index in [0.29, 0.717) is 17.1 Å². The van der Waals surface area contributed by atoms with Crippen molar-refractivity contribution in [2.24, 2.45) is 0 Å². The van der Waals surface area contributed by atoms with Crippen molar-refractivity contribution in [2.75, 3.05) is 16.3 Å². The maximum atomic E-state index is 11.9. The van der Waals surface area contributed by atoms with Gasteiger partial charge in [0.15, 0.2) is 0 Å². The van der Waals surface area contributed by atoms with E-state index in [9.17, 15) is 13.2 Å². The van der Waals surface area contributed by atoms with Crippen molar-refractivity contribution in [3.05, 3.63) is 54.0 Å². The second-order valence-corrected chi connectivity index (χ2v) is 6.44. The van der Waals surface area contributed by atoms with Crippen LogP contribution in [0.3, 0.4) is 0 Å². The third kappa shape index (κ3) is 4.78.